The normalized spacial score (nSPS) is 15.3. The summed E-state index contributed by atoms with van der Waals surface area (Å²) >= 11 is 6.25. The molecule has 2 aliphatic heterocycles. The number of aryl methyl sites for hydroxylation is 1. The summed E-state index contributed by atoms with van der Waals surface area (Å²) in [5.74, 6) is -2.54. The Morgan fingerprint density at radius 1 is 1.04 bits per heavy atom. The number of carboxylic acids is 1. The first-order valence-corrected chi connectivity index (χ1v) is 14.2. The molecular weight excluding hydrogens is 622 g/mol. The van der Waals surface area contributed by atoms with Crippen LogP contribution in [0.15, 0.2) is 94.4 Å². The molecule has 15 heteroatoms. The largest absolute Gasteiger partial charge is 0.508 e. The van der Waals surface area contributed by atoms with Gasteiger partial charge in [-0.25, -0.2) is 14.8 Å². The number of carboxylic acid groups (broad SMARTS) is 1. The van der Waals surface area contributed by atoms with Crippen molar-refractivity contribution in [3.63, 3.8) is 0 Å². The Morgan fingerprint density at radius 2 is 1.87 bits per heavy atom. The standard InChI is InChI=1S/C24H17ClF2N8O.C7H6O3/c25-13-1-4-19(34-11-29-32-33-34)16(9-13)12-7-14-2-5-20(35(14)22(36)8-12)17-10-18(30-24(17)27)15-3-6-21(28)31-23(15)26;8-6-3-1-2-5(4-6)7(9)10/h1,3-4,6-9,11,20H,2,5,10H2,(H2,28,31);1-4,8H,(H,9,10)/t20-;/m0./s1. The number of hydrogen-bond acceptors (Lipinski definition) is 9. The quantitative estimate of drug-likeness (QED) is 0.177. The molecule has 0 aliphatic carbocycles. The smallest absolute Gasteiger partial charge is 0.335 e. The number of anilines is 1. The maximum absolute atomic E-state index is 15.0. The second-order valence-electron chi connectivity index (χ2n) is 10.4. The summed E-state index contributed by atoms with van der Waals surface area (Å²) < 4.78 is 32.4. The number of nitrogens with zero attached hydrogens (tertiary/aromatic N) is 7. The molecule has 12 nitrogen and oxygen atoms in total. The zero-order chi connectivity index (χ0) is 32.5. The molecular formula is C31H23ClF2N8O4. The fourth-order valence-electron chi connectivity index (χ4n) is 5.49. The third-order valence-electron chi connectivity index (χ3n) is 7.53. The Hall–Kier alpha value is -5.76. The van der Waals surface area contributed by atoms with E-state index >= 15 is 0 Å². The van der Waals surface area contributed by atoms with Crippen molar-refractivity contribution in [3.8, 4) is 22.6 Å². The minimum Gasteiger partial charge on any atom is -0.508 e. The molecule has 46 heavy (non-hydrogen) atoms. The molecule has 5 aromatic rings. The highest BCUT2D eigenvalue weighted by Crippen LogP contribution is 2.40. The summed E-state index contributed by atoms with van der Waals surface area (Å²) in [6.07, 6.45) is 2.60. The number of pyridine rings is 2. The van der Waals surface area contributed by atoms with Crippen LogP contribution in [0.25, 0.3) is 16.8 Å². The van der Waals surface area contributed by atoms with E-state index in [1.54, 1.807) is 22.8 Å². The van der Waals surface area contributed by atoms with Gasteiger partial charge in [0.15, 0.2) is 0 Å². The van der Waals surface area contributed by atoms with E-state index in [4.69, 9.17) is 27.5 Å². The summed E-state index contributed by atoms with van der Waals surface area (Å²) in [4.78, 5) is 31.1. The number of nitrogen functional groups attached to an aromatic ring is 1. The van der Waals surface area contributed by atoms with Crippen LogP contribution in [-0.4, -0.2) is 51.7 Å². The summed E-state index contributed by atoms with van der Waals surface area (Å²) in [6, 6.07) is 16.5. The molecule has 232 valence electrons. The molecule has 0 spiro atoms. The Kier molecular flexibility index (Phi) is 8.11. The van der Waals surface area contributed by atoms with Gasteiger partial charge in [-0.1, -0.05) is 17.7 Å². The molecule has 1 atom stereocenters. The van der Waals surface area contributed by atoms with E-state index in [1.165, 1.54) is 53.5 Å². The van der Waals surface area contributed by atoms with Crippen molar-refractivity contribution in [3.05, 3.63) is 123 Å². The van der Waals surface area contributed by atoms with Crippen LogP contribution in [0.4, 0.5) is 14.6 Å². The topological polar surface area (TPSA) is 174 Å². The Labute approximate surface area is 263 Å². The van der Waals surface area contributed by atoms with E-state index in [9.17, 15) is 18.4 Å². The number of aromatic nitrogens is 6. The monoisotopic (exact) mass is 644 g/mol. The zero-order valence-electron chi connectivity index (χ0n) is 23.7. The third-order valence-corrected chi connectivity index (χ3v) is 7.77. The Balaban J connectivity index is 0.000000319. The first-order chi connectivity index (χ1) is 22.1. The number of aromatic hydroxyl groups is 1. The second kappa shape index (κ2) is 12.3. The Morgan fingerprint density at radius 3 is 2.57 bits per heavy atom. The first-order valence-electron chi connectivity index (χ1n) is 13.8. The number of carbonyl (C=O) groups is 1. The molecule has 2 aromatic carbocycles. The van der Waals surface area contributed by atoms with Crippen molar-refractivity contribution < 1.29 is 23.8 Å². The van der Waals surface area contributed by atoms with Gasteiger partial charge in [-0.2, -0.15) is 13.5 Å². The molecule has 0 unspecified atom stereocenters. The van der Waals surface area contributed by atoms with Crippen LogP contribution >= 0.6 is 11.6 Å². The van der Waals surface area contributed by atoms with Crippen LogP contribution in [0.5, 0.6) is 5.75 Å². The summed E-state index contributed by atoms with van der Waals surface area (Å²) in [7, 11) is 0. The SMILES string of the molecule is Nc1ccc(C2=NC(F)=C([C@@H]3CCc4cc(-c5cc(Cl)ccc5-n5cnnn5)cc(=O)n43)C2)c(F)n1.O=C(O)c1cccc(O)c1. The van der Waals surface area contributed by atoms with E-state index in [-0.39, 0.29) is 40.4 Å². The van der Waals surface area contributed by atoms with Crippen LogP contribution in [0.2, 0.25) is 5.02 Å². The van der Waals surface area contributed by atoms with Gasteiger partial charge in [0.05, 0.1) is 28.6 Å². The molecule has 5 heterocycles. The number of tetrazole rings is 1. The van der Waals surface area contributed by atoms with Crippen LogP contribution in [0.3, 0.4) is 0 Å². The van der Waals surface area contributed by atoms with Crippen molar-refractivity contribution in [2.45, 2.75) is 25.3 Å². The van der Waals surface area contributed by atoms with Gasteiger partial charge in [-0.05, 0) is 83.4 Å². The molecule has 0 fully saturated rings. The number of nitrogens with two attached hydrogens (primary N) is 1. The van der Waals surface area contributed by atoms with Crippen molar-refractivity contribution in [2.75, 3.05) is 5.73 Å². The third kappa shape index (κ3) is 5.97. The van der Waals surface area contributed by atoms with Gasteiger partial charge in [-0.3, -0.25) is 4.79 Å². The van der Waals surface area contributed by atoms with Crippen molar-refractivity contribution >= 4 is 29.1 Å². The summed E-state index contributed by atoms with van der Waals surface area (Å²) in [6.45, 7) is 0. The van der Waals surface area contributed by atoms with Crippen LogP contribution < -0.4 is 11.3 Å². The van der Waals surface area contributed by atoms with Crippen molar-refractivity contribution in [2.24, 2.45) is 4.99 Å². The van der Waals surface area contributed by atoms with Gasteiger partial charge in [0.2, 0.25) is 11.9 Å². The fraction of sp³-hybridized carbons (Fsp3) is 0.129. The molecule has 2 aliphatic rings. The predicted molar refractivity (Wildman–Crippen MR) is 164 cm³/mol. The van der Waals surface area contributed by atoms with Gasteiger partial charge in [0.25, 0.3) is 5.56 Å². The van der Waals surface area contributed by atoms with Crippen LogP contribution in [0.1, 0.15) is 40.5 Å². The molecule has 0 saturated carbocycles. The van der Waals surface area contributed by atoms with Crippen LogP contribution in [0, 0.1) is 5.95 Å². The average Bonchev–Trinajstić information content (AvgIpc) is 3.78. The minimum atomic E-state index is -1.03. The minimum absolute atomic E-state index is 0.0264. The van der Waals surface area contributed by atoms with E-state index in [1.807, 2.05) is 6.07 Å². The molecule has 4 N–H and O–H groups in total. The fourth-order valence-corrected chi connectivity index (χ4v) is 5.66. The molecule has 0 amide bonds. The molecule has 0 radical (unpaired) electrons. The number of hydrogen-bond donors (Lipinski definition) is 3. The number of halogens is 3. The number of benzene rings is 2. The number of allylic oxidation sites excluding steroid dienone is 1. The summed E-state index contributed by atoms with van der Waals surface area (Å²) in [5.41, 5.74) is 8.71. The van der Waals surface area contributed by atoms with Crippen molar-refractivity contribution in [1.29, 1.82) is 0 Å². The Bertz CT molecular complexity index is 2110. The van der Waals surface area contributed by atoms with Gasteiger partial charge in [0.1, 0.15) is 17.9 Å². The molecule has 0 saturated heterocycles. The highest BCUT2D eigenvalue weighted by atomic mass is 35.5. The zero-order valence-corrected chi connectivity index (χ0v) is 24.4. The van der Waals surface area contributed by atoms with E-state index < -0.39 is 23.9 Å². The van der Waals surface area contributed by atoms with Gasteiger partial charge in [0, 0.05) is 34.3 Å². The number of aromatic carboxylic acids is 1. The number of fused-ring (bicyclic) bond motifs is 1. The number of phenols is 1. The lowest BCUT2D eigenvalue weighted by Gasteiger charge is -2.17. The highest BCUT2D eigenvalue weighted by Gasteiger charge is 2.33. The maximum atomic E-state index is 15.0. The van der Waals surface area contributed by atoms with E-state index in [0.29, 0.717) is 40.3 Å². The van der Waals surface area contributed by atoms with Crippen molar-refractivity contribution in [1.82, 2.24) is 29.8 Å². The lowest BCUT2D eigenvalue weighted by Crippen LogP contribution is -2.24. The molecule has 7 rings (SSSR count). The number of phenolic OH excluding ortho intramolecular Hbond substituents is 1. The van der Waals surface area contributed by atoms with E-state index in [0.717, 1.165) is 5.69 Å². The predicted octanol–water partition coefficient (Wildman–Crippen LogP) is 4.91. The lowest BCUT2D eigenvalue weighted by molar-refractivity contribution is 0.0696. The van der Waals surface area contributed by atoms with Gasteiger partial charge >= 0.3 is 5.97 Å². The number of aliphatic imine (C=N–C) groups is 1. The molecule has 3 aromatic heterocycles. The van der Waals surface area contributed by atoms with Gasteiger partial charge < -0.3 is 20.5 Å². The highest BCUT2D eigenvalue weighted by molar-refractivity contribution is 6.31. The van der Waals surface area contributed by atoms with Crippen LogP contribution in [-0.2, 0) is 6.42 Å². The first kappa shape index (κ1) is 30.3. The average molecular weight is 645 g/mol. The van der Waals surface area contributed by atoms with Gasteiger partial charge in [-0.15, -0.1) is 5.10 Å². The number of rotatable bonds is 5. The lowest BCUT2D eigenvalue weighted by atomic mass is 9.99. The summed E-state index contributed by atoms with van der Waals surface area (Å²) in [5, 5.41) is 29.0. The van der Waals surface area contributed by atoms with E-state index in [2.05, 4.69) is 25.5 Å². The second-order valence-corrected chi connectivity index (χ2v) is 10.8. The maximum Gasteiger partial charge on any atom is 0.335 e. The molecule has 0 bridgehead atoms.